The summed E-state index contributed by atoms with van der Waals surface area (Å²) in [4.78, 5) is 42.6. The number of aromatic amines is 2. The summed E-state index contributed by atoms with van der Waals surface area (Å²) in [6.45, 7) is 4.80. The molecule has 0 bridgehead atoms. The highest BCUT2D eigenvalue weighted by Crippen LogP contribution is 2.15. The highest BCUT2D eigenvalue weighted by atomic mass is 16.2. The zero-order chi connectivity index (χ0) is 19.5. The first-order valence-electron chi connectivity index (χ1n) is 9.37. The quantitative estimate of drug-likeness (QED) is 0.625. The fraction of sp³-hybridized carbons (Fsp3) is 0.368. The van der Waals surface area contributed by atoms with Crippen LogP contribution >= 0.6 is 0 Å². The van der Waals surface area contributed by atoms with E-state index in [0.717, 1.165) is 22.4 Å². The predicted octanol–water partition coefficient (Wildman–Crippen LogP) is 1.03. The van der Waals surface area contributed by atoms with Crippen LogP contribution in [0.5, 0.6) is 0 Å². The molecule has 0 atom stereocenters. The van der Waals surface area contributed by atoms with Gasteiger partial charge in [-0.05, 0) is 18.6 Å². The first-order chi connectivity index (χ1) is 13.6. The van der Waals surface area contributed by atoms with Crippen molar-refractivity contribution in [1.82, 2.24) is 30.2 Å². The molecule has 0 unspecified atom stereocenters. The molecule has 3 aromatic rings. The molecule has 1 aliphatic heterocycles. The number of imidazole rings is 1. The molecule has 0 spiro atoms. The van der Waals surface area contributed by atoms with E-state index in [1.54, 1.807) is 11.1 Å². The molecule has 9 heteroatoms. The monoisotopic (exact) mass is 381 g/mol. The number of nitrogens with one attached hydrogen (secondary N) is 3. The number of rotatable bonds is 4. The van der Waals surface area contributed by atoms with Gasteiger partial charge in [0.1, 0.15) is 5.82 Å². The lowest BCUT2D eigenvalue weighted by Gasteiger charge is -2.34. The van der Waals surface area contributed by atoms with E-state index in [1.807, 2.05) is 30.0 Å². The van der Waals surface area contributed by atoms with Crippen LogP contribution in [0, 0.1) is 6.92 Å². The average Bonchev–Trinajstić information content (AvgIpc) is 3.13. The van der Waals surface area contributed by atoms with E-state index in [1.165, 1.54) is 6.20 Å². The summed E-state index contributed by atoms with van der Waals surface area (Å²) in [5.41, 5.74) is 2.92. The van der Waals surface area contributed by atoms with Crippen LogP contribution in [0.3, 0.4) is 0 Å². The SMILES string of the molecule is Cc1cccc2[nH]c(CCNC(=O)N3CCN(c4ncc[nH]c4=O)CC3)nc12. The van der Waals surface area contributed by atoms with Gasteiger partial charge in [-0.15, -0.1) is 0 Å². The summed E-state index contributed by atoms with van der Waals surface area (Å²) < 4.78 is 0. The largest absolute Gasteiger partial charge is 0.348 e. The topological polar surface area (TPSA) is 110 Å². The minimum absolute atomic E-state index is 0.0955. The van der Waals surface area contributed by atoms with Crippen molar-refractivity contribution < 1.29 is 4.79 Å². The van der Waals surface area contributed by atoms with Crippen LogP contribution in [0.1, 0.15) is 11.4 Å². The molecule has 3 N–H and O–H groups in total. The summed E-state index contributed by atoms with van der Waals surface area (Å²) in [6, 6.07) is 5.94. The average molecular weight is 381 g/mol. The van der Waals surface area contributed by atoms with Crippen LogP contribution in [-0.2, 0) is 6.42 Å². The van der Waals surface area contributed by atoms with Crippen LogP contribution in [0.15, 0.2) is 35.4 Å². The maximum Gasteiger partial charge on any atom is 0.317 e. The number of anilines is 1. The molecular formula is C19H23N7O2. The van der Waals surface area contributed by atoms with Crippen LogP contribution in [0.2, 0.25) is 0 Å². The molecule has 3 heterocycles. The Morgan fingerprint density at radius 1 is 1.25 bits per heavy atom. The van der Waals surface area contributed by atoms with E-state index < -0.39 is 0 Å². The zero-order valence-corrected chi connectivity index (χ0v) is 15.7. The Labute approximate surface area is 161 Å². The van der Waals surface area contributed by atoms with Gasteiger partial charge in [-0.1, -0.05) is 12.1 Å². The number of carbonyl (C=O) groups excluding carboxylic acids is 1. The molecular weight excluding hydrogens is 358 g/mol. The Hall–Kier alpha value is -3.36. The summed E-state index contributed by atoms with van der Waals surface area (Å²) in [5, 5.41) is 2.95. The van der Waals surface area contributed by atoms with Gasteiger partial charge in [-0.2, -0.15) is 0 Å². The Morgan fingerprint density at radius 2 is 2.07 bits per heavy atom. The number of hydrogen-bond acceptors (Lipinski definition) is 5. The molecule has 4 rings (SSSR count). The van der Waals surface area contributed by atoms with Crippen LogP contribution in [0.25, 0.3) is 11.0 Å². The molecule has 1 aromatic carbocycles. The molecule has 1 aliphatic rings. The van der Waals surface area contributed by atoms with Crippen molar-refractivity contribution in [2.24, 2.45) is 0 Å². The molecule has 1 saturated heterocycles. The molecule has 2 amide bonds. The van der Waals surface area contributed by atoms with Gasteiger partial charge in [0.15, 0.2) is 5.82 Å². The first kappa shape index (κ1) is 18.0. The fourth-order valence-electron chi connectivity index (χ4n) is 3.44. The predicted molar refractivity (Wildman–Crippen MR) is 107 cm³/mol. The van der Waals surface area contributed by atoms with Gasteiger partial charge in [-0.3, -0.25) is 4.79 Å². The fourth-order valence-corrected chi connectivity index (χ4v) is 3.44. The Kier molecular flexibility index (Phi) is 4.96. The maximum absolute atomic E-state index is 12.4. The number of para-hydroxylation sites is 1. The van der Waals surface area contributed by atoms with Gasteiger partial charge in [-0.25, -0.2) is 14.8 Å². The molecule has 28 heavy (non-hydrogen) atoms. The second kappa shape index (κ2) is 7.71. The molecule has 0 saturated carbocycles. The van der Waals surface area contributed by atoms with Crippen molar-refractivity contribution in [3.8, 4) is 0 Å². The molecule has 146 valence electrons. The van der Waals surface area contributed by atoms with Gasteiger partial charge in [0.2, 0.25) is 0 Å². The number of H-pyrrole nitrogens is 2. The summed E-state index contributed by atoms with van der Waals surface area (Å²) in [6.07, 6.45) is 3.72. The highest BCUT2D eigenvalue weighted by molar-refractivity contribution is 5.78. The highest BCUT2D eigenvalue weighted by Gasteiger charge is 2.23. The molecule has 2 aromatic heterocycles. The number of fused-ring (bicyclic) bond motifs is 1. The second-order valence-corrected chi connectivity index (χ2v) is 6.85. The third kappa shape index (κ3) is 3.68. The third-order valence-electron chi connectivity index (χ3n) is 4.96. The lowest BCUT2D eigenvalue weighted by atomic mass is 10.2. The molecule has 0 aliphatic carbocycles. The van der Waals surface area contributed by atoms with Gasteiger partial charge in [0.05, 0.1) is 11.0 Å². The Morgan fingerprint density at radius 3 is 2.82 bits per heavy atom. The van der Waals surface area contributed by atoms with Crippen LogP contribution < -0.4 is 15.8 Å². The van der Waals surface area contributed by atoms with Crippen LogP contribution in [0.4, 0.5) is 10.6 Å². The van der Waals surface area contributed by atoms with E-state index in [-0.39, 0.29) is 11.6 Å². The number of aromatic nitrogens is 4. The normalized spacial score (nSPS) is 14.5. The zero-order valence-electron chi connectivity index (χ0n) is 15.7. The number of carbonyl (C=O) groups is 1. The van der Waals surface area contributed by atoms with Crippen molar-refractivity contribution in [1.29, 1.82) is 0 Å². The minimum Gasteiger partial charge on any atom is -0.348 e. The van der Waals surface area contributed by atoms with Gasteiger partial charge >= 0.3 is 6.03 Å². The Bertz CT molecular complexity index is 1030. The van der Waals surface area contributed by atoms with E-state index in [0.29, 0.717) is 45.0 Å². The first-order valence-corrected chi connectivity index (χ1v) is 9.37. The lowest BCUT2D eigenvalue weighted by Crippen LogP contribution is -2.53. The van der Waals surface area contributed by atoms with Gasteiger partial charge < -0.3 is 25.1 Å². The van der Waals surface area contributed by atoms with Crippen molar-refractivity contribution in [3.63, 3.8) is 0 Å². The number of aryl methyl sites for hydroxylation is 1. The summed E-state index contributed by atoms with van der Waals surface area (Å²) in [7, 11) is 0. The number of piperazine rings is 1. The maximum atomic E-state index is 12.4. The number of urea groups is 1. The van der Waals surface area contributed by atoms with Gasteiger partial charge in [0, 0.05) is 51.5 Å². The standard InChI is InChI=1S/C19H23N7O2/c1-13-3-2-4-14-16(13)24-15(23-14)5-6-22-19(28)26-11-9-25(10-12-26)17-18(27)21-8-7-20-17/h2-4,7-8H,5-6,9-12H2,1H3,(H,21,27)(H,22,28)(H,23,24). The van der Waals surface area contributed by atoms with Crippen molar-refractivity contribution in [2.75, 3.05) is 37.6 Å². The van der Waals surface area contributed by atoms with Crippen LogP contribution in [-0.4, -0.2) is 63.6 Å². The van der Waals surface area contributed by atoms with Crippen molar-refractivity contribution >= 4 is 22.9 Å². The number of hydrogen-bond donors (Lipinski definition) is 3. The van der Waals surface area contributed by atoms with E-state index in [4.69, 9.17) is 0 Å². The number of benzene rings is 1. The van der Waals surface area contributed by atoms with E-state index in [2.05, 4.69) is 25.3 Å². The third-order valence-corrected chi connectivity index (χ3v) is 4.96. The van der Waals surface area contributed by atoms with Gasteiger partial charge in [0.25, 0.3) is 5.56 Å². The Balaban J connectivity index is 1.27. The minimum atomic E-state index is -0.207. The second-order valence-electron chi connectivity index (χ2n) is 6.85. The lowest BCUT2D eigenvalue weighted by molar-refractivity contribution is 0.194. The van der Waals surface area contributed by atoms with Crippen molar-refractivity contribution in [2.45, 2.75) is 13.3 Å². The molecule has 1 fully saturated rings. The van der Waals surface area contributed by atoms with E-state index in [9.17, 15) is 9.59 Å². The summed E-state index contributed by atoms with van der Waals surface area (Å²) >= 11 is 0. The van der Waals surface area contributed by atoms with Crippen molar-refractivity contribution in [3.05, 3.63) is 52.3 Å². The summed E-state index contributed by atoms with van der Waals surface area (Å²) in [5.74, 6) is 1.27. The number of nitrogens with zero attached hydrogens (tertiary/aromatic N) is 4. The van der Waals surface area contributed by atoms with E-state index >= 15 is 0 Å². The molecule has 9 nitrogen and oxygen atoms in total. The number of amides is 2. The molecule has 0 radical (unpaired) electrons. The smallest absolute Gasteiger partial charge is 0.317 e.